The summed E-state index contributed by atoms with van der Waals surface area (Å²) in [5.74, 6) is 0. The Bertz CT molecular complexity index is 1430. The minimum absolute atomic E-state index is 0.0114. The van der Waals surface area contributed by atoms with Gasteiger partial charge in [-0.25, -0.2) is 0 Å². The summed E-state index contributed by atoms with van der Waals surface area (Å²) in [6.07, 6.45) is -19.1. The molecule has 264 valence electrons. The van der Waals surface area contributed by atoms with Gasteiger partial charge < -0.3 is 4.48 Å². The number of nitrogens with zero attached hydrogens (tertiary/aromatic N) is 1. The van der Waals surface area contributed by atoms with Crippen molar-refractivity contribution >= 4 is 28.0 Å². The summed E-state index contributed by atoms with van der Waals surface area (Å²) >= 11 is 0. The quantitative estimate of drug-likeness (QED) is 0.111. The van der Waals surface area contributed by atoms with E-state index in [1.165, 1.54) is 37.0 Å². The van der Waals surface area contributed by atoms with Crippen LogP contribution in [-0.2, 0) is 24.7 Å². The molecule has 4 aromatic rings. The molecule has 1 aliphatic heterocycles. The molecule has 0 spiro atoms. The number of likely N-dealkylation sites (tertiary alicyclic amines) is 1. The fourth-order valence-corrected chi connectivity index (χ4v) is 6.41. The second-order valence-electron chi connectivity index (χ2n) is 12.4. The summed E-state index contributed by atoms with van der Waals surface area (Å²) in [4.78, 5) is 0. The second kappa shape index (κ2) is 13.8. The van der Waals surface area contributed by atoms with Crippen molar-refractivity contribution in [2.75, 3.05) is 26.7 Å². The molecule has 4 aromatic carbocycles. The predicted molar refractivity (Wildman–Crippen MR) is 166 cm³/mol. The molecule has 0 bridgehead atoms. The molecule has 1 heterocycles. The van der Waals surface area contributed by atoms with Crippen LogP contribution >= 0.6 is 0 Å². The minimum atomic E-state index is -4.77. The Labute approximate surface area is 275 Å². The second-order valence-corrected chi connectivity index (χ2v) is 12.4. The molecule has 0 unspecified atom stereocenters. The van der Waals surface area contributed by atoms with Gasteiger partial charge in [0.05, 0.1) is 48.9 Å². The normalized spacial score (nSPS) is 15.5. The molecule has 0 radical (unpaired) electrons. The Balaban J connectivity index is 0.000000592. The predicted octanol–water partition coefficient (Wildman–Crippen LogP) is 8.39. The van der Waals surface area contributed by atoms with Crippen molar-refractivity contribution in [3.8, 4) is 0 Å². The van der Waals surface area contributed by atoms with Gasteiger partial charge in [0.25, 0.3) is 0 Å². The van der Waals surface area contributed by atoms with Crippen LogP contribution in [0.4, 0.5) is 52.7 Å². The van der Waals surface area contributed by atoms with Crippen LogP contribution in [0.3, 0.4) is 0 Å². The number of quaternary nitrogens is 1. The Morgan fingerprint density at radius 1 is 0.429 bits per heavy atom. The van der Waals surface area contributed by atoms with Gasteiger partial charge in [-0.1, -0.05) is 97.1 Å². The largest absolute Gasteiger partial charge is 0.416 e. The maximum atomic E-state index is 13.3. The lowest BCUT2D eigenvalue weighted by atomic mass is 9.13. The zero-order valence-corrected chi connectivity index (χ0v) is 26.3. The van der Waals surface area contributed by atoms with Crippen LogP contribution < -0.4 is 21.9 Å². The van der Waals surface area contributed by atoms with Crippen molar-refractivity contribution in [1.29, 1.82) is 0 Å². The van der Waals surface area contributed by atoms with E-state index in [4.69, 9.17) is 0 Å². The van der Waals surface area contributed by atoms with E-state index in [0.717, 1.165) is 48.5 Å². The van der Waals surface area contributed by atoms with Gasteiger partial charge >= 0.3 is 24.7 Å². The highest BCUT2D eigenvalue weighted by molar-refractivity contribution is 7.19. The molecular formula is C35H32BF12N. The van der Waals surface area contributed by atoms with E-state index in [1.54, 1.807) is 0 Å². The van der Waals surface area contributed by atoms with Gasteiger partial charge in [-0.3, -0.25) is 0 Å². The third-order valence-electron chi connectivity index (χ3n) is 9.36. The average molecular weight is 705 g/mol. The summed E-state index contributed by atoms with van der Waals surface area (Å²) in [5, 5.41) is 0. The van der Waals surface area contributed by atoms with Crippen molar-refractivity contribution < 1.29 is 57.2 Å². The maximum absolute atomic E-state index is 13.3. The summed E-state index contributed by atoms with van der Waals surface area (Å²) in [5.41, 5.74) is -4.29. The zero-order valence-electron chi connectivity index (χ0n) is 26.3. The molecule has 0 N–H and O–H groups in total. The first kappa shape index (κ1) is 37.9. The van der Waals surface area contributed by atoms with Gasteiger partial charge in [0, 0.05) is 12.8 Å². The van der Waals surface area contributed by atoms with Crippen LogP contribution in [0.2, 0.25) is 0 Å². The highest BCUT2D eigenvalue weighted by Gasteiger charge is 2.38. The van der Waals surface area contributed by atoms with Crippen LogP contribution in [0.5, 0.6) is 0 Å². The number of hydrogen-bond donors (Lipinski definition) is 0. The molecule has 14 heteroatoms. The fraction of sp³-hybridized carbons (Fsp3) is 0.314. The number of halogens is 12. The van der Waals surface area contributed by atoms with Crippen molar-refractivity contribution in [1.82, 2.24) is 0 Å². The highest BCUT2D eigenvalue weighted by atomic mass is 19.4. The molecular weight excluding hydrogens is 673 g/mol. The first-order chi connectivity index (χ1) is 22.6. The SMILES string of the molecule is CC[N+]1(C)CCCC1.FC(F)(F)c1ccc([B-](c2ccc(C(F)(F)F)cc2)(c2ccc(C(F)(F)F)cc2)c2ccc(C(F)(F)F)cc2)cc1. The van der Waals surface area contributed by atoms with Crippen LogP contribution in [0.1, 0.15) is 42.0 Å². The third kappa shape index (κ3) is 8.45. The van der Waals surface area contributed by atoms with E-state index in [0.29, 0.717) is 48.5 Å². The third-order valence-corrected chi connectivity index (χ3v) is 9.36. The average Bonchev–Trinajstić information content (AvgIpc) is 3.48. The van der Waals surface area contributed by atoms with Gasteiger partial charge in [0.1, 0.15) is 6.15 Å². The Morgan fingerprint density at radius 3 is 0.776 bits per heavy atom. The molecule has 0 saturated carbocycles. The Hall–Kier alpha value is -3.94. The molecule has 5 rings (SSSR count). The Morgan fingerprint density at radius 2 is 0.633 bits per heavy atom. The van der Waals surface area contributed by atoms with E-state index >= 15 is 0 Å². The lowest BCUT2D eigenvalue weighted by Crippen LogP contribution is -2.74. The monoisotopic (exact) mass is 705 g/mol. The molecule has 0 aliphatic carbocycles. The van der Waals surface area contributed by atoms with E-state index in [1.807, 2.05) is 0 Å². The zero-order chi connectivity index (χ0) is 36.5. The van der Waals surface area contributed by atoms with Gasteiger partial charge in [0.15, 0.2) is 0 Å². The number of rotatable bonds is 5. The van der Waals surface area contributed by atoms with Crippen molar-refractivity contribution in [2.45, 2.75) is 44.5 Å². The van der Waals surface area contributed by atoms with Gasteiger partial charge in [-0.15, -0.1) is 0 Å². The van der Waals surface area contributed by atoms with Crippen LogP contribution in [0.15, 0.2) is 97.1 Å². The van der Waals surface area contributed by atoms with Gasteiger partial charge in [-0.2, -0.15) is 74.5 Å². The van der Waals surface area contributed by atoms with E-state index < -0.39 is 53.1 Å². The number of hydrogen-bond acceptors (Lipinski definition) is 0. The lowest BCUT2D eigenvalue weighted by Gasteiger charge is -2.44. The van der Waals surface area contributed by atoms with Crippen LogP contribution in [0, 0.1) is 0 Å². The van der Waals surface area contributed by atoms with Crippen LogP contribution in [-0.4, -0.2) is 37.3 Å². The summed E-state index contributed by atoms with van der Waals surface area (Å²) in [6.45, 7) is 6.43. The molecule has 49 heavy (non-hydrogen) atoms. The maximum Gasteiger partial charge on any atom is 0.416 e. The number of alkyl halides is 12. The molecule has 0 aromatic heterocycles. The molecule has 0 atom stereocenters. The number of benzene rings is 4. The van der Waals surface area contributed by atoms with Crippen LogP contribution in [0.25, 0.3) is 0 Å². The Kier molecular flexibility index (Phi) is 10.6. The first-order valence-electron chi connectivity index (χ1n) is 15.3. The summed E-state index contributed by atoms with van der Waals surface area (Å²) < 4.78 is 161. The molecule has 1 aliphatic rings. The molecule has 1 nitrogen and oxygen atoms in total. The van der Waals surface area contributed by atoms with Gasteiger partial charge in [-0.05, 0) is 6.92 Å². The van der Waals surface area contributed by atoms with Crippen molar-refractivity contribution in [3.05, 3.63) is 119 Å². The van der Waals surface area contributed by atoms with E-state index in [9.17, 15) is 52.7 Å². The van der Waals surface area contributed by atoms with Crippen molar-refractivity contribution in [2.24, 2.45) is 0 Å². The van der Waals surface area contributed by atoms with E-state index in [2.05, 4.69) is 14.0 Å². The molecule has 1 saturated heterocycles. The van der Waals surface area contributed by atoms with Crippen molar-refractivity contribution in [3.63, 3.8) is 0 Å². The standard InChI is InChI=1S/C28H16BF12.C7H16N/c30-25(31,32)17-1-9-21(10-2-17)29(22-11-3-18(4-12-22)26(33,34)35,23-13-5-19(6-14-23)27(36,37)38)24-15-7-20(8-16-24)28(39,40)41;1-3-8(2)6-4-5-7-8/h1-16H;3-7H2,1-2H3/q-1;+1. The minimum Gasteiger partial charge on any atom is -0.326 e. The molecule has 0 amide bonds. The van der Waals surface area contributed by atoms with E-state index in [-0.39, 0.29) is 21.9 Å². The van der Waals surface area contributed by atoms with Gasteiger partial charge in [0.2, 0.25) is 0 Å². The highest BCUT2D eigenvalue weighted by Crippen LogP contribution is 2.32. The summed E-state index contributed by atoms with van der Waals surface area (Å²) in [6, 6.07) is 13.6. The fourth-order valence-electron chi connectivity index (χ4n) is 6.41. The smallest absolute Gasteiger partial charge is 0.326 e. The lowest BCUT2D eigenvalue weighted by molar-refractivity contribution is -0.895. The topological polar surface area (TPSA) is 0 Å². The first-order valence-corrected chi connectivity index (χ1v) is 15.3. The molecule has 1 fully saturated rings. The summed E-state index contributed by atoms with van der Waals surface area (Å²) in [7, 11) is 2.35.